The van der Waals surface area contributed by atoms with Gasteiger partial charge < -0.3 is 9.47 Å². The number of amides is 1. The van der Waals surface area contributed by atoms with Gasteiger partial charge in [-0.25, -0.2) is 14.6 Å². The molecule has 0 radical (unpaired) electrons. The van der Waals surface area contributed by atoms with Gasteiger partial charge in [-0.15, -0.1) is 11.3 Å². The van der Waals surface area contributed by atoms with Crippen LogP contribution in [0.5, 0.6) is 0 Å². The van der Waals surface area contributed by atoms with E-state index in [1.807, 2.05) is 13.8 Å². The average molecular weight is 302 g/mol. The van der Waals surface area contributed by atoms with Crippen LogP contribution < -0.4 is 5.32 Å². The number of esters is 1. The van der Waals surface area contributed by atoms with Gasteiger partial charge in [0, 0.05) is 4.88 Å². The summed E-state index contributed by atoms with van der Waals surface area (Å²) in [4.78, 5) is 27.5. The molecule has 0 unspecified atom stereocenters. The Morgan fingerprint density at radius 3 is 2.25 bits per heavy atom. The molecule has 1 heterocycles. The summed E-state index contributed by atoms with van der Waals surface area (Å²) in [6.45, 7) is 11.0. The summed E-state index contributed by atoms with van der Waals surface area (Å²) in [6, 6.07) is 0. The topological polar surface area (TPSA) is 77.5 Å². The monoisotopic (exact) mass is 302 g/mol. The minimum atomic E-state index is -0.604. The highest BCUT2D eigenvalue weighted by Crippen LogP contribution is 2.23. The molecule has 0 saturated carbocycles. The molecular weight excluding hydrogens is 280 g/mol. The standard InChI is InChI=1S/C11H16N2O4S.C2H6/c1-6-7(8(14)16-5)12-9(18-6)13-10(15)17-11(2,3)4;1-2/h1-5H3,(H,12,13,15);1-2H3. The van der Waals surface area contributed by atoms with Crippen molar-refractivity contribution in [1.29, 1.82) is 0 Å². The average Bonchev–Trinajstić information content (AvgIpc) is 2.69. The fourth-order valence-corrected chi connectivity index (χ4v) is 1.91. The smallest absolute Gasteiger partial charge is 0.413 e. The van der Waals surface area contributed by atoms with E-state index in [0.717, 1.165) is 0 Å². The second-order valence-corrected chi connectivity index (χ2v) is 5.75. The number of aromatic nitrogens is 1. The van der Waals surface area contributed by atoms with Crippen molar-refractivity contribution in [2.24, 2.45) is 0 Å². The van der Waals surface area contributed by atoms with Gasteiger partial charge in [-0.3, -0.25) is 5.32 Å². The van der Waals surface area contributed by atoms with Gasteiger partial charge in [0.2, 0.25) is 0 Å². The number of carbonyl (C=O) groups is 2. The first-order chi connectivity index (χ1) is 9.23. The van der Waals surface area contributed by atoms with E-state index >= 15 is 0 Å². The summed E-state index contributed by atoms with van der Waals surface area (Å²) in [5.74, 6) is -0.527. The zero-order valence-electron chi connectivity index (χ0n) is 13.0. The fraction of sp³-hybridized carbons (Fsp3) is 0.615. The minimum Gasteiger partial charge on any atom is -0.464 e. The van der Waals surface area contributed by atoms with E-state index in [9.17, 15) is 9.59 Å². The molecular formula is C13H22N2O4S. The van der Waals surface area contributed by atoms with Gasteiger partial charge in [-0.1, -0.05) is 13.8 Å². The highest BCUT2D eigenvalue weighted by atomic mass is 32.1. The lowest BCUT2D eigenvalue weighted by Crippen LogP contribution is -2.27. The number of hydrogen-bond donors (Lipinski definition) is 1. The van der Waals surface area contributed by atoms with Crippen molar-refractivity contribution in [3.63, 3.8) is 0 Å². The van der Waals surface area contributed by atoms with Crippen LogP contribution in [0.25, 0.3) is 0 Å². The van der Waals surface area contributed by atoms with E-state index in [-0.39, 0.29) is 5.69 Å². The van der Waals surface area contributed by atoms with Crippen LogP contribution in [0.4, 0.5) is 9.93 Å². The van der Waals surface area contributed by atoms with E-state index in [0.29, 0.717) is 10.0 Å². The highest BCUT2D eigenvalue weighted by molar-refractivity contribution is 7.16. The second kappa shape index (κ2) is 7.84. The normalized spacial score (nSPS) is 10.2. The Hall–Kier alpha value is -1.63. The number of methoxy groups -OCH3 is 1. The third kappa shape index (κ3) is 6.01. The van der Waals surface area contributed by atoms with Crippen LogP contribution in [-0.4, -0.2) is 29.8 Å². The van der Waals surface area contributed by atoms with Gasteiger partial charge in [0.1, 0.15) is 5.60 Å². The molecule has 6 nitrogen and oxygen atoms in total. The Morgan fingerprint density at radius 2 is 1.80 bits per heavy atom. The Bertz CT molecular complexity index is 463. The lowest BCUT2D eigenvalue weighted by molar-refractivity contribution is 0.0589. The largest absolute Gasteiger partial charge is 0.464 e. The van der Waals surface area contributed by atoms with Crippen molar-refractivity contribution in [3.05, 3.63) is 10.6 Å². The number of hydrogen-bond acceptors (Lipinski definition) is 6. The predicted octanol–water partition coefficient (Wildman–Crippen LogP) is 3.61. The van der Waals surface area contributed by atoms with Crippen LogP contribution in [-0.2, 0) is 9.47 Å². The number of ether oxygens (including phenoxy) is 2. The van der Waals surface area contributed by atoms with Crippen molar-refractivity contribution in [3.8, 4) is 0 Å². The van der Waals surface area contributed by atoms with Crippen LogP contribution in [0.2, 0.25) is 0 Å². The summed E-state index contributed by atoms with van der Waals surface area (Å²) < 4.78 is 9.66. The first-order valence-electron chi connectivity index (χ1n) is 6.28. The first-order valence-corrected chi connectivity index (χ1v) is 7.10. The molecule has 0 aromatic carbocycles. The van der Waals surface area contributed by atoms with E-state index in [1.165, 1.54) is 18.4 Å². The molecule has 1 amide bonds. The minimum absolute atomic E-state index is 0.202. The molecule has 0 aliphatic rings. The van der Waals surface area contributed by atoms with Crippen molar-refractivity contribution in [1.82, 2.24) is 4.98 Å². The van der Waals surface area contributed by atoms with E-state index in [1.54, 1.807) is 27.7 Å². The zero-order chi connectivity index (χ0) is 15.9. The number of rotatable bonds is 2. The molecule has 0 aliphatic heterocycles. The van der Waals surface area contributed by atoms with Crippen molar-refractivity contribution >= 4 is 28.5 Å². The Labute approximate surface area is 123 Å². The van der Waals surface area contributed by atoms with Gasteiger partial charge in [-0.2, -0.15) is 0 Å². The van der Waals surface area contributed by atoms with Crippen LogP contribution in [0.1, 0.15) is 50.0 Å². The zero-order valence-corrected chi connectivity index (χ0v) is 13.8. The molecule has 1 N–H and O–H groups in total. The number of carbonyl (C=O) groups excluding carboxylic acids is 2. The van der Waals surface area contributed by atoms with Gasteiger partial charge in [0.05, 0.1) is 7.11 Å². The van der Waals surface area contributed by atoms with Gasteiger partial charge >= 0.3 is 12.1 Å². The maximum Gasteiger partial charge on any atom is 0.413 e. The molecule has 1 rings (SSSR count). The molecule has 0 saturated heterocycles. The highest BCUT2D eigenvalue weighted by Gasteiger charge is 2.20. The second-order valence-electron chi connectivity index (χ2n) is 4.54. The third-order valence-corrected chi connectivity index (χ3v) is 2.67. The van der Waals surface area contributed by atoms with Gasteiger partial charge in [0.25, 0.3) is 0 Å². The van der Waals surface area contributed by atoms with Crippen LogP contribution in [0, 0.1) is 6.92 Å². The van der Waals surface area contributed by atoms with Crippen LogP contribution in [0.3, 0.4) is 0 Å². The maximum atomic E-state index is 11.5. The molecule has 0 fully saturated rings. The summed E-state index contributed by atoms with van der Waals surface area (Å²) in [5, 5.41) is 2.78. The maximum absolute atomic E-state index is 11.5. The number of aryl methyl sites for hydroxylation is 1. The molecule has 0 aliphatic carbocycles. The molecule has 7 heteroatoms. The van der Waals surface area contributed by atoms with Crippen molar-refractivity contribution < 1.29 is 19.1 Å². The van der Waals surface area contributed by atoms with E-state index in [2.05, 4.69) is 15.0 Å². The lowest BCUT2D eigenvalue weighted by atomic mass is 10.2. The number of nitrogens with one attached hydrogen (secondary N) is 1. The molecule has 0 bridgehead atoms. The number of thiazole rings is 1. The van der Waals surface area contributed by atoms with Gasteiger partial charge in [-0.05, 0) is 27.7 Å². The summed E-state index contributed by atoms with van der Waals surface area (Å²) >= 11 is 1.19. The van der Waals surface area contributed by atoms with Crippen LogP contribution >= 0.6 is 11.3 Å². The number of anilines is 1. The van der Waals surface area contributed by atoms with E-state index in [4.69, 9.17) is 4.74 Å². The quantitative estimate of drug-likeness (QED) is 0.844. The lowest BCUT2D eigenvalue weighted by Gasteiger charge is -2.18. The summed E-state index contributed by atoms with van der Waals surface area (Å²) in [7, 11) is 1.28. The summed E-state index contributed by atoms with van der Waals surface area (Å²) in [5.41, 5.74) is -0.379. The molecule has 1 aromatic rings. The van der Waals surface area contributed by atoms with Crippen LogP contribution in [0.15, 0.2) is 0 Å². The Morgan fingerprint density at radius 1 is 1.25 bits per heavy atom. The third-order valence-electron chi connectivity index (χ3n) is 1.78. The fourth-order valence-electron chi connectivity index (χ4n) is 1.13. The molecule has 20 heavy (non-hydrogen) atoms. The predicted molar refractivity (Wildman–Crippen MR) is 79.4 cm³/mol. The van der Waals surface area contributed by atoms with Gasteiger partial charge in [0.15, 0.2) is 10.8 Å². The molecule has 114 valence electrons. The first kappa shape index (κ1) is 18.4. The molecule has 1 aromatic heterocycles. The van der Waals surface area contributed by atoms with Crippen molar-refractivity contribution in [2.45, 2.75) is 47.1 Å². The Balaban J connectivity index is 0.00000172. The molecule has 0 spiro atoms. The molecule has 0 atom stereocenters. The summed E-state index contributed by atoms with van der Waals surface area (Å²) in [6.07, 6.45) is -0.604. The Kier molecular flexibility index (Phi) is 7.20. The number of nitrogens with zero attached hydrogens (tertiary/aromatic N) is 1. The van der Waals surface area contributed by atoms with E-state index < -0.39 is 17.7 Å². The SMILES string of the molecule is CC.COC(=O)c1nc(NC(=O)OC(C)(C)C)sc1C. The van der Waals surface area contributed by atoms with Crippen molar-refractivity contribution in [2.75, 3.05) is 12.4 Å².